The molecule has 4 nitrogen and oxygen atoms in total. The van der Waals surface area contributed by atoms with Crippen molar-refractivity contribution in [3.8, 4) is 0 Å². The first kappa shape index (κ1) is 13.9. The van der Waals surface area contributed by atoms with E-state index in [0.29, 0.717) is 12.8 Å². The van der Waals surface area contributed by atoms with Crippen LogP contribution in [0.1, 0.15) is 18.4 Å². The van der Waals surface area contributed by atoms with Crippen LogP contribution in [-0.2, 0) is 10.0 Å². The van der Waals surface area contributed by atoms with Crippen LogP contribution in [0.2, 0.25) is 0 Å². The lowest BCUT2D eigenvalue weighted by atomic mass is 10.2. The Morgan fingerprint density at radius 3 is 2.71 bits per heavy atom. The van der Waals surface area contributed by atoms with E-state index in [1.54, 1.807) is 13.0 Å². The van der Waals surface area contributed by atoms with Crippen LogP contribution in [0.5, 0.6) is 0 Å². The number of anilines is 1. The summed E-state index contributed by atoms with van der Waals surface area (Å²) < 4.78 is 38.7. The summed E-state index contributed by atoms with van der Waals surface area (Å²) in [5, 5.41) is 8.56. The molecular formula is C11H16FNO3S. The summed E-state index contributed by atoms with van der Waals surface area (Å²) in [6.45, 7) is 1.71. The summed E-state index contributed by atoms with van der Waals surface area (Å²) in [6, 6.07) is 4.23. The van der Waals surface area contributed by atoms with E-state index in [-0.39, 0.29) is 18.0 Å². The maximum absolute atomic E-state index is 13.3. The molecule has 17 heavy (non-hydrogen) atoms. The van der Waals surface area contributed by atoms with E-state index in [1.807, 2.05) is 0 Å². The first-order valence-corrected chi connectivity index (χ1v) is 6.97. The van der Waals surface area contributed by atoms with Crippen LogP contribution in [0.3, 0.4) is 0 Å². The highest BCUT2D eigenvalue weighted by molar-refractivity contribution is 7.92. The number of rotatable bonds is 6. The third-order valence-electron chi connectivity index (χ3n) is 2.21. The Bertz CT molecular complexity index is 474. The Balaban J connectivity index is 2.72. The van der Waals surface area contributed by atoms with E-state index in [4.69, 9.17) is 5.11 Å². The zero-order chi connectivity index (χ0) is 12.9. The number of hydrogen-bond acceptors (Lipinski definition) is 3. The Morgan fingerprint density at radius 1 is 1.35 bits per heavy atom. The molecule has 0 heterocycles. The van der Waals surface area contributed by atoms with Gasteiger partial charge >= 0.3 is 0 Å². The molecule has 0 aliphatic carbocycles. The predicted octanol–water partition coefficient (Wildman–Crippen LogP) is 1.65. The molecule has 0 unspecified atom stereocenters. The maximum atomic E-state index is 13.3. The fourth-order valence-electron chi connectivity index (χ4n) is 1.34. The highest BCUT2D eigenvalue weighted by Crippen LogP contribution is 2.17. The van der Waals surface area contributed by atoms with E-state index in [0.717, 1.165) is 5.56 Å². The number of halogens is 1. The second-order valence-corrected chi connectivity index (χ2v) is 5.68. The molecule has 0 aliphatic heterocycles. The van der Waals surface area contributed by atoms with Gasteiger partial charge in [0.1, 0.15) is 5.82 Å². The van der Waals surface area contributed by atoms with Gasteiger partial charge in [-0.2, -0.15) is 0 Å². The van der Waals surface area contributed by atoms with Gasteiger partial charge in [-0.25, -0.2) is 12.8 Å². The third-order valence-corrected chi connectivity index (χ3v) is 3.57. The van der Waals surface area contributed by atoms with Crippen LogP contribution >= 0.6 is 0 Å². The lowest BCUT2D eigenvalue weighted by Crippen LogP contribution is -2.17. The number of aliphatic hydroxyl groups excluding tert-OH is 1. The van der Waals surface area contributed by atoms with E-state index in [1.165, 1.54) is 12.1 Å². The summed E-state index contributed by atoms with van der Waals surface area (Å²) in [5.41, 5.74) is 0.744. The number of aliphatic hydroxyl groups is 1. The molecule has 0 spiro atoms. The van der Waals surface area contributed by atoms with Gasteiger partial charge in [0.2, 0.25) is 10.0 Å². The third kappa shape index (κ3) is 4.70. The molecule has 1 aromatic rings. The van der Waals surface area contributed by atoms with Gasteiger partial charge in [0.25, 0.3) is 0 Å². The minimum Gasteiger partial charge on any atom is -0.396 e. The fraction of sp³-hybridized carbons (Fsp3) is 0.455. The number of nitrogens with one attached hydrogen (secondary N) is 1. The van der Waals surface area contributed by atoms with Crippen LogP contribution in [0.4, 0.5) is 10.1 Å². The summed E-state index contributed by atoms with van der Waals surface area (Å²) >= 11 is 0. The van der Waals surface area contributed by atoms with E-state index in [2.05, 4.69) is 4.72 Å². The highest BCUT2D eigenvalue weighted by atomic mass is 32.2. The quantitative estimate of drug-likeness (QED) is 0.765. The number of hydrogen-bond donors (Lipinski definition) is 2. The Morgan fingerprint density at radius 2 is 2.06 bits per heavy atom. The summed E-state index contributed by atoms with van der Waals surface area (Å²) in [6.07, 6.45) is 0.760. The smallest absolute Gasteiger partial charge is 0.232 e. The summed E-state index contributed by atoms with van der Waals surface area (Å²) in [7, 11) is -3.55. The number of sulfonamides is 1. The van der Waals surface area contributed by atoms with Crippen LogP contribution in [0.25, 0.3) is 0 Å². The lowest BCUT2D eigenvalue weighted by Gasteiger charge is -2.09. The molecule has 6 heteroatoms. The molecule has 0 aliphatic rings. The van der Waals surface area contributed by atoms with Crippen molar-refractivity contribution in [2.45, 2.75) is 19.8 Å². The van der Waals surface area contributed by atoms with Gasteiger partial charge in [0, 0.05) is 6.61 Å². The van der Waals surface area contributed by atoms with Gasteiger partial charge < -0.3 is 5.11 Å². The van der Waals surface area contributed by atoms with Gasteiger partial charge in [-0.1, -0.05) is 6.07 Å². The first-order valence-electron chi connectivity index (χ1n) is 5.32. The standard InChI is InChI=1S/C11H16FNO3S/c1-9-4-5-10(12)11(8-9)13-17(15,16)7-3-2-6-14/h4-5,8,13-14H,2-3,6-7H2,1H3. The number of unbranched alkanes of at least 4 members (excludes halogenated alkanes) is 1. The van der Waals surface area contributed by atoms with Gasteiger partial charge in [-0.3, -0.25) is 4.72 Å². The van der Waals surface area contributed by atoms with E-state index >= 15 is 0 Å². The van der Waals surface area contributed by atoms with Gasteiger partial charge in [-0.05, 0) is 37.5 Å². The summed E-state index contributed by atoms with van der Waals surface area (Å²) in [5.74, 6) is -0.720. The molecular weight excluding hydrogens is 245 g/mol. The first-order chi connectivity index (χ1) is 7.94. The summed E-state index contributed by atoms with van der Waals surface area (Å²) in [4.78, 5) is 0. The largest absolute Gasteiger partial charge is 0.396 e. The Hall–Kier alpha value is -1.14. The second kappa shape index (κ2) is 5.97. The molecule has 1 aromatic carbocycles. The highest BCUT2D eigenvalue weighted by Gasteiger charge is 2.12. The molecule has 0 atom stereocenters. The number of benzene rings is 1. The number of aryl methyl sites for hydroxylation is 1. The average molecular weight is 261 g/mol. The minimum atomic E-state index is -3.55. The van der Waals surface area contributed by atoms with Gasteiger partial charge in [0.15, 0.2) is 0 Å². The van der Waals surface area contributed by atoms with Crippen LogP contribution in [0.15, 0.2) is 18.2 Å². The molecule has 0 saturated carbocycles. The lowest BCUT2D eigenvalue weighted by molar-refractivity contribution is 0.287. The predicted molar refractivity (Wildman–Crippen MR) is 64.9 cm³/mol. The van der Waals surface area contributed by atoms with Crippen molar-refractivity contribution in [1.82, 2.24) is 0 Å². The van der Waals surface area contributed by atoms with Crippen molar-refractivity contribution in [2.24, 2.45) is 0 Å². The van der Waals surface area contributed by atoms with Crippen molar-refractivity contribution in [1.29, 1.82) is 0 Å². The Labute approximate surface area is 101 Å². The maximum Gasteiger partial charge on any atom is 0.232 e. The molecule has 0 amide bonds. The zero-order valence-electron chi connectivity index (χ0n) is 9.61. The van der Waals surface area contributed by atoms with Crippen LogP contribution in [0, 0.1) is 12.7 Å². The topological polar surface area (TPSA) is 66.4 Å². The monoisotopic (exact) mass is 261 g/mol. The van der Waals surface area contributed by atoms with Crippen LogP contribution in [-0.4, -0.2) is 25.9 Å². The van der Waals surface area contributed by atoms with Crippen molar-refractivity contribution in [3.05, 3.63) is 29.6 Å². The molecule has 1 rings (SSSR count). The SMILES string of the molecule is Cc1ccc(F)c(NS(=O)(=O)CCCCO)c1. The van der Waals surface area contributed by atoms with Crippen LogP contribution < -0.4 is 4.72 Å². The van der Waals surface area contributed by atoms with Crippen molar-refractivity contribution >= 4 is 15.7 Å². The molecule has 96 valence electrons. The fourth-order valence-corrected chi connectivity index (χ4v) is 2.52. The minimum absolute atomic E-state index is 0.0333. The van der Waals surface area contributed by atoms with Crippen molar-refractivity contribution < 1.29 is 17.9 Å². The molecule has 0 bridgehead atoms. The van der Waals surface area contributed by atoms with E-state index in [9.17, 15) is 12.8 Å². The van der Waals surface area contributed by atoms with Crippen molar-refractivity contribution in [3.63, 3.8) is 0 Å². The molecule has 0 saturated heterocycles. The normalized spacial score (nSPS) is 11.5. The van der Waals surface area contributed by atoms with Gasteiger partial charge in [-0.15, -0.1) is 0 Å². The second-order valence-electron chi connectivity index (χ2n) is 3.83. The molecule has 0 aromatic heterocycles. The molecule has 0 fully saturated rings. The average Bonchev–Trinajstić information content (AvgIpc) is 2.23. The van der Waals surface area contributed by atoms with Crippen molar-refractivity contribution in [2.75, 3.05) is 17.1 Å². The molecule has 0 radical (unpaired) electrons. The zero-order valence-corrected chi connectivity index (χ0v) is 10.4. The Kier molecular flexibility index (Phi) is 4.89. The molecule has 2 N–H and O–H groups in total. The van der Waals surface area contributed by atoms with E-state index < -0.39 is 15.8 Å². The van der Waals surface area contributed by atoms with Gasteiger partial charge in [0.05, 0.1) is 11.4 Å².